The van der Waals surface area contributed by atoms with Crippen molar-refractivity contribution in [2.24, 2.45) is 12.8 Å². The van der Waals surface area contributed by atoms with Gasteiger partial charge in [-0.3, -0.25) is 9.59 Å². The maximum absolute atomic E-state index is 13.9. The second-order valence-electron chi connectivity index (χ2n) is 13.8. The van der Waals surface area contributed by atoms with Gasteiger partial charge in [-0.1, -0.05) is 31.0 Å². The van der Waals surface area contributed by atoms with Gasteiger partial charge in [0.05, 0.1) is 30.1 Å². The summed E-state index contributed by atoms with van der Waals surface area (Å²) in [7, 11) is 3.64. The largest absolute Gasteiger partial charge is 0.494 e. The van der Waals surface area contributed by atoms with Gasteiger partial charge in [0, 0.05) is 48.2 Å². The Kier molecular flexibility index (Phi) is 7.70. The van der Waals surface area contributed by atoms with Gasteiger partial charge in [0.2, 0.25) is 0 Å². The van der Waals surface area contributed by atoms with Crippen LogP contribution in [-0.2, 0) is 20.0 Å². The quantitative estimate of drug-likeness (QED) is 0.252. The second kappa shape index (κ2) is 12.1. The van der Waals surface area contributed by atoms with Crippen LogP contribution in [0.15, 0.2) is 54.6 Å². The lowest BCUT2D eigenvalue weighted by Crippen LogP contribution is -2.40. The zero-order valence-electron chi connectivity index (χ0n) is 27.9. The van der Waals surface area contributed by atoms with E-state index in [1.165, 1.54) is 0 Å². The van der Waals surface area contributed by atoms with Gasteiger partial charge < -0.3 is 29.8 Å². The summed E-state index contributed by atoms with van der Waals surface area (Å²) in [5.41, 5.74) is 13.0. The fourth-order valence-electron chi connectivity index (χ4n) is 8.36. The van der Waals surface area contributed by atoms with Gasteiger partial charge in [-0.2, -0.15) is 0 Å². The van der Waals surface area contributed by atoms with E-state index in [4.69, 9.17) is 20.4 Å². The first-order valence-electron chi connectivity index (χ1n) is 17.3. The van der Waals surface area contributed by atoms with Crippen LogP contribution in [-0.4, -0.2) is 61.1 Å². The predicted molar refractivity (Wildman–Crippen MR) is 186 cm³/mol. The Balaban J connectivity index is 1.19. The number of nitrogens with two attached hydrogens (primary N) is 1. The number of amides is 2. The van der Waals surface area contributed by atoms with Crippen LogP contribution in [0.4, 0.5) is 0 Å². The number of carbonyl (C=O) groups excluding carboxylic acids is 2. The Bertz CT molecular complexity index is 2060. The molecule has 4 bridgehead atoms. The molecule has 0 radical (unpaired) electrons. The molecule has 2 fully saturated rings. The molecule has 10 heteroatoms. The summed E-state index contributed by atoms with van der Waals surface area (Å²) in [4.78, 5) is 39.5. The Hall–Kier alpha value is -4.70. The smallest absolute Gasteiger partial charge is 0.254 e. The number of rotatable bonds is 3. The molecule has 0 unspecified atom stereocenters. The Morgan fingerprint density at radius 3 is 2.65 bits per heavy atom. The number of ether oxygens (including phenoxy) is 1. The van der Waals surface area contributed by atoms with Crippen LogP contribution in [0.25, 0.3) is 33.6 Å². The van der Waals surface area contributed by atoms with Gasteiger partial charge in [0.25, 0.3) is 11.8 Å². The van der Waals surface area contributed by atoms with Crippen molar-refractivity contribution >= 4 is 33.9 Å². The van der Waals surface area contributed by atoms with Crippen molar-refractivity contribution in [3.05, 3.63) is 77.0 Å². The highest BCUT2D eigenvalue weighted by Gasteiger charge is 2.47. The SMILES string of the molecule is COc1cc(C(=O)N2[C@H]3CC[C@@H]2[C@H](N)C3)cc2nc(-c3cc4ccc5nc4n3CCCCCCc3ccccc3C(=O)N[C@@H]5C)n(C)c12. The summed E-state index contributed by atoms with van der Waals surface area (Å²) in [6.45, 7) is 2.77. The average molecular weight is 646 g/mol. The minimum atomic E-state index is -0.275. The van der Waals surface area contributed by atoms with Crippen molar-refractivity contribution in [1.29, 1.82) is 0 Å². The summed E-state index contributed by atoms with van der Waals surface area (Å²) in [6, 6.07) is 18.0. The van der Waals surface area contributed by atoms with Gasteiger partial charge in [0.15, 0.2) is 5.82 Å². The third-order valence-electron chi connectivity index (χ3n) is 10.8. The number of aryl methyl sites for hydroxylation is 3. The van der Waals surface area contributed by atoms with Gasteiger partial charge in [-0.15, -0.1) is 0 Å². The van der Waals surface area contributed by atoms with Gasteiger partial charge in [-0.25, -0.2) is 9.97 Å². The number of nitrogens with zero attached hydrogens (tertiary/aromatic N) is 5. The molecule has 0 saturated carbocycles. The van der Waals surface area contributed by atoms with Gasteiger partial charge >= 0.3 is 0 Å². The van der Waals surface area contributed by atoms with E-state index < -0.39 is 0 Å². The van der Waals surface area contributed by atoms with Crippen molar-refractivity contribution in [3.63, 3.8) is 0 Å². The molecule has 10 nitrogen and oxygen atoms in total. The normalized spacial score (nSPS) is 22.9. The molecule has 2 aromatic carbocycles. The van der Waals surface area contributed by atoms with Crippen molar-refractivity contribution in [3.8, 4) is 17.3 Å². The highest BCUT2D eigenvalue weighted by molar-refractivity contribution is 6.01. The molecule has 248 valence electrons. The van der Waals surface area contributed by atoms with E-state index in [0.29, 0.717) is 16.8 Å². The van der Waals surface area contributed by atoms with Crippen LogP contribution in [0.5, 0.6) is 5.75 Å². The van der Waals surface area contributed by atoms with Gasteiger partial charge in [-0.05, 0) is 87.4 Å². The molecular weight excluding hydrogens is 602 g/mol. The summed E-state index contributed by atoms with van der Waals surface area (Å²) in [5.74, 6) is 1.33. The first-order chi connectivity index (χ1) is 23.3. The van der Waals surface area contributed by atoms with E-state index in [2.05, 4.69) is 32.7 Å². The number of hydrogen-bond donors (Lipinski definition) is 2. The highest BCUT2D eigenvalue weighted by Crippen LogP contribution is 2.40. The van der Waals surface area contributed by atoms with E-state index >= 15 is 0 Å². The summed E-state index contributed by atoms with van der Waals surface area (Å²) >= 11 is 0. The molecule has 3 aliphatic heterocycles. The third kappa shape index (κ3) is 5.05. The summed E-state index contributed by atoms with van der Waals surface area (Å²) in [5, 5.41) is 4.20. The number of imidazole rings is 1. The molecule has 6 heterocycles. The van der Waals surface area contributed by atoms with E-state index in [1.807, 2.05) is 55.3 Å². The average Bonchev–Trinajstić information content (AvgIpc) is 3.84. The van der Waals surface area contributed by atoms with Crippen LogP contribution >= 0.6 is 0 Å². The lowest BCUT2D eigenvalue weighted by Gasteiger charge is -2.23. The minimum Gasteiger partial charge on any atom is -0.494 e. The Morgan fingerprint density at radius 1 is 1.02 bits per heavy atom. The highest BCUT2D eigenvalue weighted by atomic mass is 16.5. The number of fused-ring (bicyclic) bond motifs is 5. The Morgan fingerprint density at radius 2 is 1.85 bits per heavy atom. The number of aromatic nitrogens is 4. The van der Waals surface area contributed by atoms with Crippen LogP contribution in [0, 0.1) is 0 Å². The molecule has 5 aromatic rings. The Labute approximate surface area is 280 Å². The molecule has 3 aromatic heterocycles. The summed E-state index contributed by atoms with van der Waals surface area (Å²) < 4.78 is 10.2. The molecule has 2 amide bonds. The van der Waals surface area contributed by atoms with Crippen molar-refractivity contribution < 1.29 is 14.3 Å². The van der Waals surface area contributed by atoms with E-state index in [9.17, 15) is 9.59 Å². The van der Waals surface area contributed by atoms with Crippen LogP contribution in [0.2, 0.25) is 0 Å². The number of nitrogens with one attached hydrogen (secondary N) is 1. The van der Waals surface area contributed by atoms with Crippen molar-refractivity contribution in [1.82, 2.24) is 29.3 Å². The number of pyridine rings is 1. The monoisotopic (exact) mass is 645 g/mol. The molecule has 3 N–H and O–H groups in total. The van der Waals surface area contributed by atoms with Crippen LogP contribution in [0.3, 0.4) is 0 Å². The van der Waals surface area contributed by atoms with E-state index in [0.717, 1.165) is 103 Å². The standard InChI is InChI=1S/C38H43N7O3/c1-22-29-15-13-24-19-32(44(35(24)41-29)17-9-5-4-6-10-23-11-7-8-12-27(23)37(46)40-22)36-42-30-18-25(20-33(48-3)34(30)43(36)2)38(47)45-26-14-16-31(45)28(39)21-26/h7-8,11-13,15,18-20,22,26,28,31H,4-6,9-10,14,16-17,21,39H2,1-3H3,(H,40,46)/t22-,26+,28-,31-/m1/s1. The maximum Gasteiger partial charge on any atom is 0.254 e. The zero-order valence-corrected chi connectivity index (χ0v) is 27.9. The molecular formula is C38H43N7O3. The molecule has 4 atom stereocenters. The number of hydrogen-bond acceptors (Lipinski definition) is 6. The lowest BCUT2D eigenvalue weighted by molar-refractivity contribution is 0.0726. The first kappa shape index (κ1) is 30.6. The number of methoxy groups -OCH3 is 1. The van der Waals surface area contributed by atoms with Crippen LogP contribution < -0.4 is 15.8 Å². The van der Waals surface area contributed by atoms with E-state index in [-0.39, 0.29) is 36.0 Å². The second-order valence-corrected chi connectivity index (χ2v) is 13.8. The van der Waals surface area contributed by atoms with Crippen LogP contribution in [0.1, 0.15) is 89.9 Å². The van der Waals surface area contributed by atoms with Crippen molar-refractivity contribution in [2.75, 3.05) is 7.11 Å². The lowest BCUT2D eigenvalue weighted by atomic mass is 9.97. The third-order valence-corrected chi connectivity index (χ3v) is 10.8. The molecule has 2 saturated heterocycles. The fourth-order valence-corrected chi connectivity index (χ4v) is 8.36. The molecule has 0 spiro atoms. The van der Waals surface area contributed by atoms with Gasteiger partial charge in [0.1, 0.15) is 16.9 Å². The predicted octanol–water partition coefficient (Wildman–Crippen LogP) is 5.91. The first-order valence-corrected chi connectivity index (χ1v) is 17.3. The number of carbonyl (C=O) groups is 2. The topological polar surface area (TPSA) is 120 Å². The molecule has 8 rings (SSSR count). The summed E-state index contributed by atoms with van der Waals surface area (Å²) in [6.07, 6.45) is 7.86. The number of benzene rings is 2. The fraction of sp³-hybridized carbons (Fsp3) is 0.421. The zero-order chi connectivity index (χ0) is 33.1. The molecule has 3 aliphatic rings. The van der Waals surface area contributed by atoms with Crippen molar-refractivity contribution in [2.45, 2.75) is 89.0 Å². The van der Waals surface area contributed by atoms with E-state index in [1.54, 1.807) is 7.11 Å². The molecule has 48 heavy (non-hydrogen) atoms. The minimum absolute atomic E-state index is 0.00182. The molecule has 0 aliphatic carbocycles. The maximum atomic E-state index is 13.9.